The van der Waals surface area contributed by atoms with E-state index in [0.29, 0.717) is 11.2 Å². The van der Waals surface area contributed by atoms with E-state index in [-0.39, 0.29) is 0 Å². The Hall–Kier alpha value is -0.520. The maximum absolute atomic E-state index is 6.08. The number of thioether (sulfide) groups is 1. The van der Waals surface area contributed by atoms with E-state index in [4.69, 9.17) is 11.6 Å². The second-order valence-corrected chi connectivity index (χ2v) is 6.33. The Balaban J connectivity index is 1.77. The van der Waals surface area contributed by atoms with Crippen molar-refractivity contribution in [2.24, 2.45) is 0 Å². The molecule has 0 aliphatic carbocycles. The lowest BCUT2D eigenvalue weighted by Crippen LogP contribution is -2.55. The Labute approximate surface area is 123 Å². The first-order valence-electron chi connectivity index (χ1n) is 6.84. The van der Waals surface area contributed by atoms with Crippen LogP contribution in [-0.4, -0.2) is 53.3 Å². The zero-order valence-electron chi connectivity index (χ0n) is 11.2. The van der Waals surface area contributed by atoms with E-state index in [1.807, 2.05) is 12.3 Å². The van der Waals surface area contributed by atoms with Gasteiger partial charge in [0.15, 0.2) is 5.16 Å². The summed E-state index contributed by atoms with van der Waals surface area (Å²) in [6.07, 6.45) is 6.00. The molecule has 0 N–H and O–H groups in total. The van der Waals surface area contributed by atoms with Gasteiger partial charge < -0.3 is 4.90 Å². The van der Waals surface area contributed by atoms with Gasteiger partial charge in [0.25, 0.3) is 0 Å². The van der Waals surface area contributed by atoms with Gasteiger partial charge in [0, 0.05) is 31.7 Å². The summed E-state index contributed by atoms with van der Waals surface area (Å²) in [5.74, 6) is 0.981. The second kappa shape index (κ2) is 5.85. The van der Waals surface area contributed by atoms with Crippen LogP contribution >= 0.6 is 23.4 Å². The van der Waals surface area contributed by atoms with Crippen molar-refractivity contribution in [2.45, 2.75) is 30.5 Å². The normalized spacial score (nSPS) is 24.3. The SMILES string of the molecule is CSc1nc(Cl)cc(N2CCN3CCCCC3C2)n1. The number of nitrogens with zero attached hydrogens (tertiary/aromatic N) is 4. The van der Waals surface area contributed by atoms with Crippen molar-refractivity contribution in [3.05, 3.63) is 11.2 Å². The third-order valence-corrected chi connectivity index (χ3v) is 4.75. The van der Waals surface area contributed by atoms with Crippen molar-refractivity contribution in [1.82, 2.24) is 14.9 Å². The molecule has 2 fully saturated rings. The van der Waals surface area contributed by atoms with Crippen LogP contribution in [-0.2, 0) is 0 Å². The molecule has 0 amide bonds. The molecule has 3 rings (SSSR count). The van der Waals surface area contributed by atoms with Crippen LogP contribution in [0.15, 0.2) is 11.2 Å². The lowest BCUT2D eigenvalue weighted by atomic mass is 9.99. The molecule has 1 aromatic heterocycles. The number of piperidine rings is 1. The van der Waals surface area contributed by atoms with Crippen molar-refractivity contribution in [1.29, 1.82) is 0 Å². The average Bonchev–Trinajstić information content (AvgIpc) is 2.46. The molecule has 6 heteroatoms. The Kier molecular flexibility index (Phi) is 4.15. The summed E-state index contributed by atoms with van der Waals surface area (Å²) in [4.78, 5) is 13.8. The molecule has 4 nitrogen and oxygen atoms in total. The summed E-state index contributed by atoms with van der Waals surface area (Å²) in [6.45, 7) is 4.51. The van der Waals surface area contributed by atoms with Gasteiger partial charge in [0.1, 0.15) is 11.0 Å². The fraction of sp³-hybridized carbons (Fsp3) is 0.692. The Morgan fingerprint density at radius 1 is 1.26 bits per heavy atom. The number of hydrogen-bond donors (Lipinski definition) is 0. The molecule has 0 spiro atoms. The van der Waals surface area contributed by atoms with E-state index >= 15 is 0 Å². The molecule has 0 bridgehead atoms. The number of piperazine rings is 1. The highest BCUT2D eigenvalue weighted by Crippen LogP contribution is 2.26. The molecule has 104 valence electrons. The molecule has 0 saturated carbocycles. The first-order valence-corrected chi connectivity index (χ1v) is 8.44. The third-order valence-electron chi connectivity index (χ3n) is 4.00. The van der Waals surface area contributed by atoms with E-state index in [1.165, 1.54) is 25.8 Å². The van der Waals surface area contributed by atoms with Crippen LogP contribution in [0.25, 0.3) is 0 Å². The number of fused-ring (bicyclic) bond motifs is 1. The minimum Gasteiger partial charge on any atom is -0.354 e. The second-order valence-electron chi connectivity index (χ2n) is 5.17. The van der Waals surface area contributed by atoms with Gasteiger partial charge in [-0.2, -0.15) is 0 Å². The standard InChI is InChI=1S/C13H19ClN4S/c1-19-13-15-11(14)8-12(16-13)18-7-6-17-5-3-2-4-10(17)9-18/h8,10H,2-7,9H2,1H3. The summed E-state index contributed by atoms with van der Waals surface area (Å²) < 4.78 is 0. The highest BCUT2D eigenvalue weighted by atomic mass is 35.5. The van der Waals surface area contributed by atoms with Gasteiger partial charge in [-0.3, -0.25) is 4.90 Å². The van der Waals surface area contributed by atoms with Crippen molar-refractivity contribution < 1.29 is 0 Å². The number of hydrogen-bond acceptors (Lipinski definition) is 5. The maximum atomic E-state index is 6.08. The van der Waals surface area contributed by atoms with E-state index in [9.17, 15) is 0 Å². The smallest absolute Gasteiger partial charge is 0.190 e. The fourth-order valence-electron chi connectivity index (χ4n) is 3.00. The van der Waals surface area contributed by atoms with Crippen LogP contribution in [0.3, 0.4) is 0 Å². The van der Waals surface area contributed by atoms with Crippen LogP contribution in [0.4, 0.5) is 5.82 Å². The zero-order chi connectivity index (χ0) is 13.2. The summed E-state index contributed by atoms with van der Waals surface area (Å²) in [6, 6.07) is 2.58. The molecule has 0 aromatic carbocycles. The quantitative estimate of drug-likeness (QED) is 0.476. The predicted molar refractivity (Wildman–Crippen MR) is 80.2 cm³/mol. The largest absolute Gasteiger partial charge is 0.354 e. The van der Waals surface area contributed by atoms with Crippen LogP contribution in [0.2, 0.25) is 5.15 Å². The molecule has 0 radical (unpaired) electrons. The molecule has 1 atom stereocenters. The van der Waals surface area contributed by atoms with Crippen molar-refractivity contribution in [3.63, 3.8) is 0 Å². The topological polar surface area (TPSA) is 32.3 Å². The fourth-order valence-corrected chi connectivity index (χ4v) is 3.60. The molecule has 1 unspecified atom stereocenters. The first-order chi connectivity index (χ1) is 9.26. The third kappa shape index (κ3) is 2.98. The van der Waals surface area contributed by atoms with E-state index < -0.39 is 0 Å². The number of aromatic nitrogens is 2. The first kappa shape index (κ1) is 13.5. The molecule has 3 heterocycles. The summed E-state index contributed by atoms with van der Waals surface area (Å²) in [5.41, 5.74) is 0. The highest BCUT2D eigenvalue weighted by Gasteiger charge is 2.29. The summed E-state index contributed by atoms with van der Waals surface area (Å²) in [7, 11) is 0. The molecular formula is C13H19ClN4S. The molecule has 2 saturated heterocycles. The molecule has 19 heavy (non-hydrogen) atoms. The molecule has 2 aliphatic heterocycles. The maximum Gasteiger partial charge on any atom is 0.190 e. The van der Waals surface area contributed by atoms with E-state index in [0.717, 1.165) is 30.6 Å². The van der Waals surface area contributed by atoms with Gasteiger partial charge in [-0.1, -0.05) is 29.8 Å². The van der Waals surface area contributed by atoms with E-state index in [1.54, 1.807) is 11.8 Å². The van der Waals surface area contributed by atoms with Crippen LogP contribution in [0.1, 0.15) is 19.3 Å². The van der Waals surface area contributed by atoms with Gasteiger partial charge in [0.2, 0.25) is 0 Å². The lowest BCUT2D eigenvalue weighted by molar-refractivity contribution is 0.133. The summed E-state index contributed by atoms with van der Waals surface area (Å²) in [5, 5.41) is 1.30. The van der Waals surface area contributed by atoms with Gasteiger partial charge >= 0.3 is 0 Å². The number of halogens is 1. The van der Waals surface area contributed by atoms with Crippen LogP contribution in [0.5, 0.6) is 0 Å². The Morgan fingerprint density at radius 3 is 3.00 bits per heavy atom. The van der Waals surface area contributed by atoms with Gasteiger partial charge in [-0.25, -0.2) is 9.97 Å². The predicted octanol–water partition coefficient (Wildman–Crippen LogP) is 2.53. The minimum absolute atomic E-state index is 0.542. The van der Waals surface area contributed by atoms with Crippen molar-refractivity contribution in [3.8, 4) is 0 Å². The van der Waals surface area contributed by atoms with Crippen LogP contribution in [0, 0.1) is 0 Å². The number of anilines is 1. The monoisotopic (exact) mass is 298 g/mol. The Morgan fingerprint density at radius 2 is 2.16 bits per heavy atom. The highest BCUT2D eigenvalue weighted by molar-refractivity contribution is 7.98. The van der Waals surface area contributed by atoms with Crippen LogP contribution < -0.4 is 4.90 Å². The van der Waals surface area contributed by atoms with Gasteiger partial charge in [0.05, 0.1) is 0 Å². The average molecular weight is 299 g/mol. The molecule has 1 aromatic rings. The minimum atomic E-state index is 0.542. The van der Waals surface area contributed by atoms with Gasteiger partial charge in [-0.15, -0.1) is 0 Å². The van der Waals surface area contributed by atoms with Gasteiger partial charge in [-0.05, 0) is 25.6 Å². The summed E-state index contributed by atoms with van der Waals surface area (Å²) >= 11 is 7.62. The molecule has 2 aliphatic rings. The lowest BCUT2D eigenvalue weighted by Gasteiger charge is -2.44. The van der Waals surface area contributed by atoms with E-state index in [2.05, 4.69) is 19.8 Å². The number of rotatable bonds is 2. The molecular weight excluding hydrogens is 280 g/mol. The van der Waals surface area contributed by atoms with Crippen molar-refractivity contribution >= 4 is 29.2 Å². The zero-order valence-corrected chi connectivity index (χ0v) is 12.8. The van der Waals surface area contributed by atoms with Crippen molar-refractivity contribution in [2.75, 3.05) is 37.3 Å². The Bertz CT molecular complexity index is 456.